The van der Waals surface area contributed by atoms with E-state index in [1.165, 1.54) is 24.3 Å². The molecule has 1 aliphatic rings. The Kier molecular flexibility index (Phi) is 6.99. The standard InChI is InChI=1S/C25H26N2O6S/c26-34(31,32)17-7-5-6-16(14-17)24(29)23(28)12-13-27-25(30)33-15-22-20-10-3-1-8-18(20)19-9-2-4-11-21(19)22/h1-11,14,22-24,28-29H,12-13,15H2,(H,27,30)(H2,26,31,32). The number of nitrogens with one attached hydrogen (secondary N) is 1. The van der Waals surface area contributed by atoms with E-state index in [4.69, 9.17) is 9.88 Å². The van der Waals surface area contributed by atoms with Crippen molar-refractivity contribution in [1.29, 1.82) is 0 Å². The molecule has 8 nitrogen and oxygen atoms in total. The number of rotatable bonds is 8. The number of alkyl carbamates (subject to hydrolysis) is 1. The van der Waals surface area contributed by atoms with Crippen molar-refractivity contribution >= 4 is 16.1 Å². The van der Waals surface area contributed by atoms with Gasteiger partial charge in [-0.25, -0.2) is 18.4 Å². The third kappa shape index (κ3) is 5.13. The Balaban J connectivity index is 1.29. The van der Waals surface area contributed by atoms with Crippen LogP contribution >= 0.6 is 0 Å². The van der Waals surface area contributed by atoms with Gasteiger partial charge in [0.05, 0.1) is 11.0 Å². The van der Waals surface area contributed by atoms with Crippen LogP contribution in [0, 0.1) is 0 Å². The van der Waals surface area contributed by atoms with E-state index in [9.17, 15) is 23.4 Å². The lowest BCUT2D eigenvalue weighted by Gasteiger charge is -2.19. The van der Waals surface area contributed by atoms with Crippen molar-refractivity contribution in [2.75, 3.05) is 13.2 Å². The topological polar surface area (TPSA) is 139 Å². The largest absolute Gasteiger partial charge is 0.449 e. The quantitative estimate of drug-likeness (QED) is 0.389. The van der Waals surface area contributed by atoms with E-state index >= 15 is 0 Å². The number of sulfonamides is 1. The summed E-state index contributed by atoms with van der Waals surface area (Å²) in [4.78, 5) is 12.1. The highest BCUT2D eigenvalue weighted by Crippen LogP contribution is 2.44. The molecule has 34 heavy (non-hydrogen) atoms. The molecule has 1 aliphatic carbocycles. The van der Waals surface area contributed by atoms with Crippen LogP contribution in [0.3, 0.4) is 0 Å². The second kappa shape index (κ2) is 9.94. The van der Waals surface area contributed by atoms with Crippen molar-refractivity contribution < 1.29 is 28.2 Å². The summed E-state index contributed by atoms with van der Waals surface area (Å²) in [6, 6.07) is 21.5. The maximum Gasteiger partial charge on any atom is 0.407 e. The second-order valence-corrected chi connectivity index (χ2v) is 9.73. The Bertz CT molecular complexity index is 1250. The molecule has 1 amide bonds. The van der Waals surface area contributed by atoms with Gasteiger partial charge in [-0.1, -0.05) is 60.7 Å². The first kappa shape index (κ1) is 23.9. The smallest absolute Gasteiger partial charge is 0.407 e. The summed E-state index contributed by atoms with van der Waals surface area (Å²) < 4.78 is 28.4. The van der Waals surface area contributed by atoms with Crippen LogP contribution in [-0.4, -0.2) is 44.0 Å². The summed E-state index contributed by atoms with van der Waals surface area (Å²) in [6.07, 6.45) is -3.17. The first-order valence-corrected chi connectivity index (χ1v) is 12.4. The van der Waals surface area contributed by atoms with E-state index in [1.54, 1.807) is 0 Å². The van der Waals surface area contributed by atoms with Gasteiger partial charge >= 0.3 is 6.09 Å². The van der Waals surface area contributed by atoms with Gasteiger partial charge in [-0.2, -0.15) is 0 Å². The minimum absolute atomic E-state index is 0.0327. The number of hydrogen-bond donors (Lipinski definition) is 4. The Hall–Kier alpha value is -3.24. The van der Waals surface area contributed by atoms with Gasteiger partial charge in [-0.3, -0.25) is 0 Å². The first-order valence-electron chi connectivity index (χ1n) is 10.8. The summed E-state index contributed by atoms with van der Waals surface area (Å²) in [6.45, 7) is 0.231. The summed E-state index contributed by atoms with van der Waals surface area (Å²) in [5.41, 5.74) is 4.69. The molecule has 9 heteroatoms. The van der Waals surface area contributed by atoms with Gasteiger partial charge < -0.3 is 20.3 Å². The molecular formula is C25H26N2O6S. The van der Waals surface area contributed by atoms with Crippen LogP contribution in [0.25, 0.3) is 11.1 Å². The number of fused-ring (bicyclic) bond motifs is 3. The third-order valence-electron chi connectivity index (χ3n) is 5.95. The normalized spacial score (nSPS) is 14.7. The number of ether oxygens (including phenoxy) is 1. The first-order chi connectivity index (χ1) is 16.3. The van der Waals surface area contributed by atoms with Crippen LogP contribution in [0.5, 0.6) is 0 Å². The zero-order valence-corrected chi connectivity index (χ0v) is 19.1. The van der Waals surface area contributed by atoms with Gasteiger partial charge in [0.25, 0.3) is 0 Å². The van der Waals surface area contributed by atoms with Gasteiger partial charge in [0.15, 0.2) is 0 Å². The minimum Gasteiger partial charge on any atom is -0.449 e. The summed E-state index contributed by atoms with van der Waals surface area (Å²) >= 11 is 0. The van der Waals surface area contributed by atoms with Gasteiger partial charge in [0, 0.05) is 12.5 Å². The number of primary sulfonamides is 1. The molecule has 0 aliphatic heterocycles. The molecule has 0 aromatic heterocycles. The van der Waals surface area contributed by atoms with Gasteiger partial charge in [0.1, 0.15) is 12.7 Å². The van der Waals surface area contributed by atoms with E-state index in [0.29, 0.717) is 0 Å². The number of hydrogen-bond acceptors (Lipinski definition) is 6. The summed E-state index contributed by atoms with van der Waals surface area (Å²) in [7, 11) is -3.93. The molecule has 3 aromatic rings. The number of amides is 1. The fourth-order valence-corrected chi connectivity index (χ4v) is 4.80. The number of nitrogens with two attached hydrogens (primary N) is 1. The van der Waals surface area contributed by atoms with Crippen molar-refractivity contribution in [1.82, 2.24) is 5.32 Å². The molecule has 0 bridgehead atoms. The van der Waals surface area contributed by atoms with Gasteiger partial charge in [-0.15, -0.1) is 0 Å². The van der Waals surface area contributed by atoms with E-state index in [2.05, 4.69) is 17.4 Å². The van der Waals surface area contributed by atoms with E-state index in [0.717, 1.165) is 22.3 Å². The van der Waals surface area contributed by atoms with Crippen LogP contribution in [0.15, 0.2) is 77.7 Å². The summed E-state index contributed by atoms with van der Waals surface area (Å²) in [5.74, 6) is -0.0586. The third-order valence-corrected chi connectivity index (χ3v) is 6.86. The van der Waals surface area contributed by atoms with Gasteiger partial charge in [0.2, 0.25) is 10.0 Å². The fourth-order valence-electron chi connectivity index (χ4n) is 4.23. The van der Waals surface area contributed by atoms with E-state index < -0.39 is 28.3 Å². The SMILES string of the molecule is NS(=O)(=O)c1cccc(C(O)C(O)CCNC(=O)OCC2c3ccccc3-c3ccccc32)c1. The molecule has 0 spiro atoms. The Morgan fingerprint density at radius 2 is 1.59 bits per heavy atom. The van der Waals surface area contributed by atoms with Crippen LogP contribution in [0.2, 0.25) is 0 Å². The maximum atomic E-state index is 12.2. The van der Waals surface area contributed by atoms with Crippen molar-refractivity contribution in [2.24, 2.45) is 5.14 Å². The highest BCUT2D eigenvalue weighted by molar-refractivity contribution is 7.89. The molecule has 0 fully saturated rings. The lowest BCUT2D eigenvalue weighted by atomic mass is 9.98. The van der Waals surface area contributed by atoms with E-state index in [-0.39, 0.29) is 35.9 Å². The molecule has 0 radical (unpaired) electrons. The Labute approximate surface area is 198 Å². The number of carbonyl (C=O) groups excluding carboxylic acids is 1. The van der Waals surface area contributed by atoms with Crippen molar-refractivity contribution in [3.63, 3.8) is 0 Å². The number of aliphatic hydroxyl groups excluding tert-OH is 2. The lowest BCUT2D eigenvalue weighted by molar-refractivity contribution is 0.0135. The van der Waals surface area contributed by atoms with Crippen LogP contribution < -0.4 is 10.5 Å². The lowest BCUT2D eigenvalue weighted by Crippen LogP contribution is -2.30. The number of benzene rings is 3. The van der Waals surface area contributed by atoms with Crippen LogP contribution in [0.4, 0.5) is 4.79 Å². The zero-order valence-electron chi connectivity index (χ0n) is 18.3. The van der Waals surface area contributed by atoms with Crippen molar-refractivity contribution in [2.45, 2.75) is 29.4 Å². The number of carbonyl (C=O) groups is 1. The average molecular weight is 483 g/mol. The Morgan fingerprint density at radius 3 is 2.21 bits per heavy atom. The van der Waals surface area contributed by atoms with Crippen LogP contribution in [-0.2, 0) is 14.8 Å². The maximum absolute atomic E-state index is 12.2. The van der Waals surface area contributed by atoms with E-state index in [1.807, 2.05) is 36.4 Å². The molecule has 0 heterocycles. The monoisotopic (exact) mass is 482 g/mol. The molecule has 5 N–H and O–H groups in total. The molecule has 0 saturated heterocycles. The molecule has 0 saturated carbocycles. The second-order valence-electron chi connectivity index (χ2n) is 8.17. The summed E-state index contributed by atoms with van der Waals surface area (Å²) in [5, 5.41) is 28.3. The van der Waals surface area contributed by atoms with Crippen LogP contribution in [0.1, 0.15) is 35.1 Å². The van der Waals surface area contributed by atoms with Gasteiger partial charge in [-0.05, 0) is 46.4 Å². The number of aliphatic hydroxyl groups is 2. The fraction of sp³-hybridized carbons (Fsp3) is 0.240. The molecule has 2 atom stereocenters. The molecule has 178 valence electrons. The predicted octanol–water partition coefficient (Wildman–Crippen LogP) is 2.66. The molecular weight excluding hydrogens is 456 g/mol. The molecule has 3 aromatic carbocycles. The predicted molar refractivity (Wildman–Crippen MR) is 126 cm³/mol. The Morgan fingerprint density at radius 1 is 0.971 bits per heavy atom. The zero-order chi connectivity index (χ0) is 24.3. The van der Waals surface area contributed by atoms with Crippen molar-refractivity contribution in [3.05, 3.63) is 89.5 Å². The minimum atomic E-state index is -3.93. The highest BCUT2D eigenvalue weighted by Gasteiger charge is 2.29. The molecule has 2 unspecified atom stereocenters. The van der Waals surface area contributed by atoms with Crippen molar-refractivity contribution in [3.8, 4) is 11.1 Å². The highest BCUT2D eigenvalue weighted by atomic mass is 32.2. The molecule has 4 rings (SSSR count). The average Bonchev–Trinajstić information content (AvgIpc) is 3.15.